The molecule has 2 aromatic carbocycles. The number of carboxylic acids is 1. The number of carboxylic acid groups (broad SMARTS) is 1. The monoisotopic (exact) mass is 312 g/mol. The van der Waals surface area contributed by atoms with Gasteiger partial charge >= 0.3 is 5.97 Å². The molecule has 2 aromatic rings. The van der Waals surface area contributed by atoms with Crippen LogP contribution in [0.2, 0.25) is 0 Å². The maximum Gasteiger partial charge on any atom is 0.345 e. The molecule has 0 aliphatic rings. The fourth-order valence-corrected chi connectivity index (χ4v) is 2.80. The predicted molar refractivity (Wildman–Crippen MR) is 92.2 cm³/mol. The Morgan fingerprint density at radius 3 is 2.26 bits per heavy atom. The Bertz CT molecular complexity index is 669. The molecule has 0 unspecified atom stereocenters. The number of ether oxygens (including phenoxy) is 1. The van der Waals surface area contributed by atoms with Gasteiger partial charge in [-0.3, -0.25) is 0 Å². The van der Waals surface area contributed by atoms with Crippen molar-refractivity contribution in [2.75, 3.05) is 0 Å². The largest absolute Gasteiger partial charge is 0.478 e. The van der Waals surface area contributed by atoms with E-state index in [1.54, 1.807) is 0 Å². The highest BCUT2D eigenvalue weighted by Crippen LogP contribution is 2.27. The lowest BCUT2D eigenvalue weighted by Gasteiger charge is -2.19. The highest BCUT2D eigenvalue weighted by molar-refractivity contribution is 5.73. The summed E-state index contributed by atoms with van der Waals surface area (Å²) >= 11 is 0. The molecule has 0 heterocycles. The predicted octanol–water partition coefficient (Wildman–Crippen LogP) is 4.50. The number of benzene rings is 2. The fourth-order valence-electron chi connectivity index (χ4n) is 2.80. The van der Waals surface area contributed by atoms with Gasteiger partial charge in [-0.1, -0.05) is 61.4 Å². The summed E-state index contributed by atoms with van der Waals surface area (Å²) in [6, 6.07) is 13.7. The zero-order valence-corrected chi connectivity index (χ0v) is 14.2. The molecule has 2 rings (SSSR count). The number of hydrogen-bond donors (Lipinski definition) is 1. The van der Waals surface area contributed by atoms with Crippen LogP contribution in [0.1, 0.15) is 42.0 Å². The minimum Gasteiger partial charge on any atom is -0.478 e. The van der Waals surface area contributed by atoms with Crippen LogP contribution < -0.4 is 4.74 Å². The van der Waals surface area contributed by atoms with E-state index in [4.69, 9.17) is 4.74 Å². The number of aryl methyl sites for hydroxylation is 2. The molecule has 0 fully saturated rings. The van der Waals surface area contributed by atoms with Crippen molar-refractivity contribution in [3.8, 4) is 5.75 Å². The summed E-state index contributed by atoms with van der Waals surface area (Å²) in [5.74, 6) is -0.0103. The third kappa shape index (κ3) is 4.59. The summed E-state index contributed by atoms with van der Waals surface area (Å²) in [5.41, 5.74) is 4.27. The van der Waals surface area contributed by atoms with E-state index in [-0.39, 0.29) is 5.92 Å². The van der Waals surface area contributed by atoms with Crippen LogP contribution in [-0.4, -0.2) is 17.2 Å². The summed E-state index contributed by atoms with van der Waals surface area (Å²) < 4.78 is 5.85. The molecule has 1 atom stereocenters. The zero-order chi connectivity index (χ0) is 17.0. The second-order valence-electron chi connectivity index (χ2n) is 6.34. The normalized spacial score (nSPS) is 12.2. The SMILES string of the molecule is Cc1cc(C)cc(C[C@H](Oc2ccccc2C(C)C)C(=O)O)c1. The molecular weight excluding hydrogens is 288 g/mol. The van der Waals surface area contributed by atoms with E-state index in [2.05, 4.69) is 19.9 Å². The maximum atomic E-state index is 11.6. The van der Waals surface area contributed by atoms with E-state index in [1.165, 1.54) is 0 Å². The van der Waals surface area contributed by atoms with E-state index in [0.717, 1.165) is 22.3 Å². The summed E-state index contributed by atoms with van der Waals surface area (Å²) in [7, 11) is 0. The lowest BCUT2D eigenvalue weighted by molar-refractivity contribution is -0.145. The Morgan fingerprint density at radius 1 is 1.09 bits per heavy atom. The molecule has 23 heavy (non-hydrogen) atoms. The van der Waals surface area contributed by atoms with E-state index in [0.29, 0.717) is 12.2 Å². The Kier molecular flexibility index (Phi) is 5.43. The molecular formula is C20H24O3. The van der Waals surface area contributed by atoms with Crippen LogP contribution in [-0.2, 0) is 11.2 Å². The third-order valence-corrected chi connectivity index (χ3v) is 3.79. The van der Waals surface area contributed by atoms with Gasteiger partial charge in [-0.15, -0.1) is 0 Å². The van der Waals surface area contributed by atoms with Gasteiger partial charge in [0.2, 0.25) is 0 Å². The first-order valence-electron chi connectivity index (χ1n) is 7.92. The maximum absolute atomic E-state index is 11.6. The van der Waals surface area contributed by atoms with Crippen LogP contribution in [0.4, 0.5) is 0 Å². The minimum atomic E-state index is -0.942. The van der Waals surface area contributed by atoms with E-state index >= 15 is 0 Å². The molecule has 0 saturated carbocycles. The Morgan fingerprint density at radius 2 is 1.70 bits per heavy atom. The average Bonchev–Trinajstić information content (AvgIpc) is 2.45. The second-order valence-corrected chi connectivity index (χ2v) is 6.34. The van der Waals surface area contributed by atoms with Crippen LogP contribution in [0.5, 0.6) is 5.75 Å². The summed E-state index contributed by atoms with van der Waals surface area (Å²) in [4.78, 5) is 11.6. The van der Waals surface area contributed by atoms with Crippen molar-refractivity contribution in [2.45, 2.75) is 46.1 Å². The molecule has 0 aliphatic heterocycles. The van der Waals surface area contributed by atoms with Crippen molar-refractivity contribution >= 4 is 5.97 Å². The van der Waals surface area contributed by atoms with Crippen molar-refractivity contribution in [3.05, 3.63) is 64.7 Å². The smallest absolute Gasteiger partial charge is 0.345 e. The van der Waals surface area contributed by atoms with Crippen molar-refractivity contribution in [3.63, 3.8) is 0 Å². The lowest BCUT2D eigenvalue weighted by atomic mass is 10.0. The molecule has 0 spiro atoms. The van der Waals surface area contributed by atoms with Gasteiger partial charge in [0, 0.05) is 6.42 Å². The minimum absolute atomic E-state index is 0.279. The van der Waals surface area contributed by atoms with Crippen LogP contribution >= 0.6 is 0 Å². The van der Waals surface area contributed by atoms with Gasteiger partial charge in [-0.05, 0) is 37.0 Å². The highest BCUT2D eigenvalue weighted by Gasteiger charge is 2.22. The van der Waals surface area contributed by atoms with Gasteiger partial charge in [0.1, 0.15) is 5.75 Å². The number of rotatable bonds is 6. The first-order chi connectivity index (χ1) is 10.9. The van der Waals surface area contributed by atoms with Crippen LogP contribution in [0.25, 0.3) is 0 Å². The fraction of sp³-hybridized carbons (Fsp3) is 0.350. The van der Waals surface area contributed by atoms with Gasteiger partial charge in [0.15, 0.2) is 6.10 Å². The number of carbonyl (C=O) groups is 1. The average molecular weight is 312 g/mol. The molecule has 0 radical (unpaired) electrons. The second kappa shape index (κ2) is 7.32. The molecule has 3 heteroatoms. The molecule has 3 nitrogen and oxygen atoms in total. The first kappa shape index (κ1) is 17.1. The van der Waals surface area contributed by atoms with Gasteiger partial charge < -0.3 is 9.84 Å². The van der Waals surface area contributed by atoms with E-state index < -0.39 is 12.1 Å². The standard InChI is InChI=1S/C20H24O3/c1-13(2)17-7-5-6-8-18(17)23-19(20(21)22)12-16-10-14(3)9-15(4)11-16/h5-11,13,19H,12H2,1-4H3,(H,21,22)/t19-/m0/s1. The first-order valence-corrected chi connectivity index (χ1v) is 7.92. The van der Waals surface area contributed by atoms with Crippen LogP contribution in [0.15, 0.2) is 42.5 Å². The van der Waals surface area contributed by atoms with Gasteiger partial charge in [0.05, 0.1) is 0 Å². The van der Waals surface area contributed by atoms with Crippen molar-refractivity contribution < 1.29 is 14.6 Å². The summed E-state index contributed by atoms with van der Waals surface area (Å²) in [5, 5.41) is 9.54. The Labute approximate surface area is 137 Å². The molecule has 122 valence electrons. The molecule has 0 aliphatic carbocycles. The lowest BCUT2D eigenvalue weighted by Crippen LogP contribution is -2.30. The summed E-state index contributed by atoms with van der Waals surface area (Å²) in [6.07, 6.45) is -0.541. The number of para-hydroxylation sites is 1. The third-order valence-electron chi connectivity index (χ3n) is 3.79. The Hall–Kier alpha value is -2.29. The van der Waals surface area contributed by atoms with Crippen molar-refractivity contribution in [1.29, 1.82) is 0 Å². The molecule has 0 aromatic heterocycles. The van der Waals surface area contributed by atoms with Crippen LogP contribution in [0.3, 0.4) is 0 Å². The molecule has 1 N–H and O–H groups in total. The van der Waals surface area contributed by atoms with Crippen LogP contribution in [0, 0.1) is 13.8 Å². The molecule has 0 saturated heterocycles. The molecule has 0 amide bonds. The van der Waals surface area contributed by atoms with Crippen molar-refractivity contribution in [2.24, 2.45) is 0 Å². The van der Waals surface area contributed by atoms with Gasteiger partial charge in [-0.2, -0.15) is 0 Å². The molecule has 0 bridgehead atoms. The number of aliphatic carboxylic acids is 1. The summed E-state index contributed by atoms with van der Waals surface area (Å²) in [6.45, 7) is 8.17. The van der Waals surface area contributed by atoms with E-state index in [9.17, 15) is 9.90 Å². The quantitative estimate of drug-likeness (QED) is 0.854. The van der Waals surface area contributed by atoms with E-state index in [1.807, 2.05) is 50.2 Å². The van der Waals surface area contributed by atoms with Crippen molar-refractivity contribution in [1.82, 2.24) is 0 Å². The Balaban J connectivity index is 2.24. The topological polar surface area (TPSA) is 46.5 Å². The van der Waals surface area contributed by atoms with Gasteiger partial charge in [0.25, 0.3) is 0 Å². The van der Waals surface area contributed by atoms with Gasteiger partial charge in [-0.25, -0.2) is 4.79 Å². The zero-order valence-electron chi connectivity index (χ0n) is 14.2. The number of hydrogen-bond acceptors (Lipinski definition) is 2. The highest BCUT2D eigenvalue weighted by atomic mass is 16.5.